The van der Waals surface area contributed by atoms with Crippen molar-refractivity contribution >= 4 is 17.6 Å². The van der Waals surface area contributed by atoms with Crippen LogP contribution >= 0.6 is 0 Å². The summed E-state index contributed by atoms with van der Waals surface area (Å²) in [6.07, 6.45) is 0.222. The normalized spacial score (nSPS) is 19.0. The minimum atomic E-state index is -0.370. The smallest absolute Gasteiger partial charge is 0.231 e. The minimum absolute atomic E-state index is 0.00200. The first-order chi connectivity index (χ1) is 11.0. The molecule has 6 nitrogen and oxygen atoms in total. The molecule has 3 rings (SSSR count). The van der Waals surface area contributed by atoms with Gasteiger partial charge in [0.1, 0.15) is 5.76 Å². The lowest BCUT2D eigenvalue weighted by molar-refractivity contribution is -0.129. The van der Waals surface area contributed by atoms with Crippen LogP contribution in [-0.4, -0.2) is 28.4 Å². The van der Waals surface area contributed by atoms with Crippen molar-refractivity contribution in [1.29, 1.82) is 0 Å². The fraction of sp³-hybridized carbons (Fsp3) is 0.353. The predicted octanol–water partition coefficient (Wildman–Crippen LogP) is 2.53. The molecule has 2 aromatic rings. The van der Waals surface area contributed by atoms with Crippen LogP contribution in [0.4, 0.5) is 5.82 Å². The van der Waals surface area contributed by atoms with Gasteiger partial charge in [0.25, 0.3) is 0 Å². The Labute approximate surface area is 134 Å². The van der Waals surface area contributed by atoms with E-state index in [0.717, 1.165) is 5.56 Å². The average Bonchev–Trinajstić information content (AvgIpc) is 3.13. The molecule has 1 aromatic heterocycles. The molecule has 23 heavy (non-hydrogen) atoms. The molecular formula is C17H19N3O3. The summed E-state index contributed by atoms with van der Waals surface area (Å²) in [4.78, 5) is 26.3. The summed E-state index contributed by atoms with van der Waals surface area (Å²) >= 11 is 0. The van der Waals surface area contributed by atoms with Crippen LogP contribution in [0.25, 0.3) is 0 Å². The Morgan fingerprint density at radius 2 is 2.13 bits per heavy atom. The van der Waals surface area contributed by atoms with Crippen molar-refractivity contribution in [2.24, 2.45) is 5.92 Å². The third-order valence-corrected chi connectivity index (χ3v) is 4.16. The highest BCUT2D eigenvalue weighted by Gasteiger charge is 2.37. The molecule has 1 aromatic carbocycles. The van der Waals surface area contributed by atoms with Gasteiger partial charge < -0.3 is 14.7 Å². The first-order valence-electron chi connectivity index (χ1n) is 7.63. The molecule has 2 heterocycles. The number of nitrogens with zero attached hydrogens (tertiary/aromatic N) is 2. The van der Waals surface area contributed by atoms with Crippen molar-refractivity contribution in [3.63, 3.8) is 0 Å². The predicted molar refractivity (Wildman–Crippen MR) is 84.5 cm³/mol. The lowest BCUT2D eigenvalue weighted by Crippen LogP contribution is -2.30. The number of benzene rings is 1. The van der Waals surface area contributed by atoms with Gasteiger partial charge in [-0.25, -0.2) is 0 Å². The summed E-state index contributed by atoms with van der Waals surface area (Å²) < 4.78 is 4.92. The van der Waals surface area contributed by atoms with Gasteiger partial charge in [0, 0.05) is 19.0 Å². The van der Waals surface area contributed by atoms with Crippen LogP contribution in [0, 0.1) is 12.8 Å². The fourth-order valence-electron chi connectivity index (χ4n) is 2.85. The summed E-state index contributed by atoms with van der Waals surface area (Å²) in [6.45, 7) is 4.15. The maximum Gasteiger partial charge on any atom is 0.231 e. The fourth-order valence-corrected chi connectivity index (χ4v) is 2.85. The molecule has 1 aliphatic heterocycles. The molecule has 6 heteroatoms. The molecule has 0 spiro atoms. The van der Waals surface area contributed by atoms with Crippen LogP contribution in [0.2, 0.25) is 0 Å². The molecular weight excluding hydrogens is 294 g/mol. The molecule has 1 N–H and O–H groups in total. The Balaban J connectivity index is 1.66. The Bertz CT molecular complexity index is 711. The summed E-state index contributed by atoms with van der Waals surface area (Å²) in [5, 5.41) is 6.44. The number of hydrogen-bond donors (Lipinski definition) is 1. The van der Waals surface area contributed by atoms with Gasteiger partial charge in [0.05, 0.1) is 12.0 Å². The molecule has 0 aliphatic carbocycles. The highest BCUT2D eigenvalue weighted by molar-refractivity contribution is 5.96. The lowest BCUT2D eigenvalue weighted by Gasteiger charge is -2.25. The second-order valence-corrected chi connectivity index (χ2v) is 5.85. The molecule has 2 amide bonds. The van der Waals surface area contributed by atoms with Gasteiger partial charge in [-0.3, -0.25) is 9.59 Å². The van der Waals surface area contributed by atoms with Gasteiger partial charge >= 0.3 is 0 Å². The van der Waals surface area contributed by atoms with E-state index in [9.17, 15) is 9.59 Å². The van der Waals surface area contributed by atoms with Gasteiger partial charge in [-0.2, -0.15) is 0 Å². The number of likely N-dealkylation sites (tertiary alicyclic amines) is 1. The van der Waals surface area contributed by atoms with Gasteiger partial charge in [-0.05, 0) is 19.4 Å². The van der Waals surface area contributed by atoms with Crippen molar-refractivity contribution in [2.45, 2.75) is 26.3 Å². The third kappa shape index (κ3) is 3.26. The number of hydrogen-bond acceptors (Lipinski definition) is 4. The number of aromatic nitrogens is 1. The van der Waals surface area contributed by atoms with E-state index in [1.807, 2.05) is 37.3 Å². The number of anilines is 1. The first kappa shape index (κ1) is 15.3. The largest absolute Gasteiger partial charge is 0.360 e. The number of aryl methyl sites for hydroxylation is 1. The standard InChI is InChI=1S/C17H19N3O3/c1-11-8-15(19-23-11)18-17(22)14-9-16(21)20(10-14)12(2)13-6-4-3-5-7-13/h3-8,12,14H,9-10H2,1-2H3,(H,18,19,22)/t12-,14-/m0/s1. The van der Waals surface area contributed by atoms with E-state index in [4.69, 9.17) is 4.52 Å². The molecule has 1 saturated heterocycles. The molecule has 0 saturated carbocycles. The highest BCUT2D eigenvalue weighted by Crippen LogP contribution is 2.29. The number of rotatable bonds is 4. The summed E-state index contributed by atoms with van der Waals surface area (Å²) in [6, 6.07) is 11.4. The Kier molecular flexibility index (Phi) is 4.14. The Hall–Kier alpha value is -2.63. The number of carbonyl (C=O) groups is 2. The highest BCUT2D eigenvalue weighted by atomic mass is 16.5. The van der Waals surface area contributed by atoms with Crippen LogP contribution in [-0.2, 0) is 9.59 Å². The van der Waals surface area contributed by atoms with Crippen LogP contribution < -0.4 is 5.32 Å². The molecule has 2 atom stereocenters. The monoisotopic (exact) mass is 313 g/mol. The molecule has 0 bridgehead atoms. The molecule has 0 radical (unpaired) electrons. The number of amides is 2. The van der Waals surface area contributed by atoms with Crippen LogP contribution in [0.1, 0.15) is 30.7 Å². The molecule has 120 valence electrons. The van der Waals surface area contributed by atoms with Gasteiger partial charge in [-0.15, -0.1) is 0 Å². The SMILES string of the molecule is Cc1cc(NC(=O)[C@H]2CC(=O)N([C@@H](C)c3ccccc3)C2)no1. The molecule has 1 fully saturated rings. The van der Waals surface area contributed by atoms with Crippen molar-refractivity contribution in [2.75, 3.05) is 11.9 Å². The van der Waals surface area contributed by atoms with Crippen molar-refractivity contribution in [3.05, 3.63) is 47.7 Å². The second kappa shape index (κ2) is 6.24. The van der Waals surface area contributed by atoms with Crippen LogP contribution in [0.5, 0.6) is 0 Å². The third-order valence-electron chi connectivity index (χ3n) is 4.16. The number of nitrogens with one attached hydrogen (secondary N) is 1. The van der Waals surface area contributed by atoms with E-state index < -0.39 is 0 Å². The Morgan fingerprint density at radius 1 is 1.39 bits per heavy atom. The number of carbonyl (C=O) groups excluding carboxylic acids is 2. The zero-order valence-electron chi connectivity index (χ0n) is 13.2. The lowest BCUT2D eigenvalue weighted by atomic mass is 10.1. The zero-order chi connectivity index (χ0) is 16.4. The quantitative estimate of drug-likeness (QED) is 0.941. The summed E-state index contributed by atoms with van der Waals surface area (Å²) in [7, 11) is 0. The second-order valence-electron chi connectivity index (χ2n) is 5.85. The van der Waals surface area contributed by atoms with E-state index in [-0.39, 0.29) is 30.2 Å². The van der Waals surface area contributed by atoms with Gasteiger partial charge in [0.2, 0.25) is 11.8 Å². The maximum absolute atomic E-state index is 12.3. The average molecular weight is 313 g/mol. The van der Waals surface area contributed by atoms with Crippen molar-refractivity contribution < 1.29 is 14.1 Å². The Morgan fingerprint density at radius 3 is 2.78 bits per heavy atom. The van der Waals surface area contributed by atoms with E-state index in [1.165, 1.54) is 0 Å². The van der Waals surface area contributed by atoms with E-state index in [1.54, 1.807) is 17.9 Å². The van der Waals surface area contributed by atoms with Crippen molar-refractivity contribution in [1.82, 2.24) is 10.1 Å². The molecule has 1 aliphatic rings. The first-order valence-corrected chi connectivity index (χ1v) is 7.63. The summed E-state index contributed by atoms with van der Waals surface area (Å²) in [5.41, 5.74) is 1.06. The topological polar surface area (TPSA) is 75.4 Å². The van der Waals surface area contributed by atoms with E-state index in [2.05, 4.69) is 10.5 Å². The minimum Gasteiger partial charge on any atom is -0.360 e. The van der Waals surface area contributed by atoms with E-state index in [0.29, 0.717) is 18.1 Å². The molecule has 0 unspecified atom stereocenters. The van der Waals surface area contributed by atoms with Crippen LogP contribution in [0.3, 0.4) is 0 Å². The van der Waals surface area contributed by atoms with Gasteiger partial charge in [-0.1, -0.05) is 35.5 Å². The van der Waals surface area contributed by atoms with Crippen LogP contribution in [0.15, 0.2) is 40.9 Å². The van der Waals surface area contributed by atoms with Gasteiger partial charge in [0.15, 0.2) is 5.82 Å². The maximum atomic E-state index is 12.3. The summed E-state index contributed by atoms with van der Waals surface area (Å²) in [5.74, 6) is 0.439. The zero-order valence-corrected chi connectivity index (χ0v) is 13.2. The van der Waals surface area contributed by atoms with E-state index >= 15 is 0 Å². The van der Waals surface area contributed by atoms with Crippen molar-refractivity contribution in [3.8, 4) is 0 Å².